The summed E-state index contributed by atoms with van der Waals surface area (Å²) in [6.45, 7) is -0.821. The summed E-state index contributed by atoms with van der Waals surface area (Å²) in [5.41, 5.74) is -8.47. The molecule has 0 N–H and O–H groups in total. The number of alkyl halides is 8. The molecule has 3 aliphatic heterocycles. The van der Waals surface area contributed by atoms with Gasteiger partial charge in [-0.05, 0) is 36.2 Å². The topological polar surface area (TPSA) is 78.0 Å². The smallest absolute Gasteiger partial charge is 0.372 e. The number of hydrogen-bond acceptors (Lipinski definition) is 5. The third kappa shape index (κ3) is 4.28. The first-order chi connectivity index (χ1) is 20.2. The van der Waals surface area contributed by atoms with Gasteiger partial charge < -0.3 is 14.7 Å². The maximum atomic E-state index is 15.0. The van der Waals surface area contributed by atoms with Crippen molar-refractivity contribution in [2.24, 2.45) is 0 Å². The van der Waals surface area contributed by atoms with Crippen LogP contribution in [0.5, 0.6) is 0 Å². The van der Waals surface area contributed by atoms with E-state index in [0.717, 1.165) is 32.9 Å². The highest BCUT2D eigenvalue weighted by atomic mass is 32.2. The molecule has 2 fully saturated rings. The minimum Gasteiger partial charge on any atom is -0.372 e. The van der Waals surface area contributed by atoms with E-state index < -0.39 is 104 Å². The number of benzene rings is 2. The van der Waals surface area contributed by atoms with Gasteiger partial charge in [-0.25, -0.2) is 21.6 Å². The van der Waals surface area contributed by atoms with E-state index in [1.807, 2.05) is 0 Å². The molecule has 0 bridgehead atoms. The number of likely N-dealkylation sites (tertiary alicyclic amines) is 2. The van der Waals surface area contributed by atoms with Crippen LogP contribution in [-0.4, -0.2) is 87.8 Å². The lowest BCUT2D eigenvalue weighted by Gasteiger charge is -2.47. The van der Waals surface area contributed by atoms with Gasteiger partial charge in [-0.1, -0.05) is 18.2 Å². The number of sulfone groups is 1. The Hall–Kier alpha value is -3.50. The van der Waals surface area contributed by atoms with Crippen molar-refractivity contribution in [3.8, 4) is 0 Å². The summed E-state index contributed by atoms with van der Waals surface area (Å²) in [4.78, 5) is 28.2. The van der Waals surface area contributed by atoms with Crippen molar-refractivity contribution in [1.29, 1.82) is 0 Å². The van der Waals surface area contributed by atoms with Crippen LogP contribution in [0.2, 0.25) is 0 Å². The number of carbonyl (C=O) groups excluding carboxylic acids is 2. The predicted molar refractivity (Wildman–Crippen MR) is 136 cm³/mol. The molecule has 2 saturated heterocycles. The maximum Gasteiger partial charge on any atom is 0.435 e. The summed E-state index contributed by atoms with van der Waals surface area (Å²) >= 11 is 0. The molecule has 0 saturated carbocycles. The summed E-state index contributed by atoms with van der Waals surface area (Å²) in [7, 11) is -2.42. The zero-order valence-electron chi connectivity index (χ0n) is 22.9. The van der Waals surface area contributed by atoms with Crippen molar-refractivity contribution in [2.75, 3.05) is 32.1 Å². The predicted octanol–water partition coefficient (Wildman–Crippen LogP) is 4.40. The number of likely N-dealkylation sites (N-methyl/N-ethyl adjacent to an activating group) is 2. The molecule has 240 valence electrons. The second-order valence-electron chi connectivity index (χ2n) is 11.1. The summed E-state index contributed by atoms with van der Waals surface area (Å²) in [5.74, 6) is -2.76. The quantitative estimate of drug-likeness (QED) is 0.456. The number of carbonyl (C=O) groups is 2. The molecule has 0 aliphatic carbocycles. The highest BCUT2D eigenvalue weighted by molar-refractivity contribution is 7.92. The minimum atomic E-state index is -6.43. The van der Waals surface area contributed by atoms with Gasteiger partial charge in [0.15, 0.2) is 16.0 Å². The maximum absolute atomic E-state index is 15.0. The van der Waals surface area contributed by atoms with Crippen LogP contribution in [0.15, 0.2) is 47.4 Å². The van der Waals surface area contributed by atoms with Crippen LogP contribution in [0.4, 0.5) is 45.2 Å². The highest BCUT2D eigenvalue weighted by Gasteiger charge is 2.74. The normalized spacial score (nSPS) is 26.2. The van der Waals surface area contributed by atoms with Crippen molar-refractivity contribution >= 4 is 27.3 Å². The van der Waals surface area contributed by atoms with Gasteiger partial charge in [-0.3, -0.25) is 9.59 Å². The molecule has 44 heavy (non-hydrogen) atoms. The van der Waals surface area contributed by atoms with E-state index in [-0.39, 0.29) is 24.2 Å². The van der Waals surface area contributed by atoms with E-state index in [0.29, 0.717) is 12.1 Å². The first-order valence-electron chi connectivity index (χ1n) is 13.1. The fraction of sp³-hybridized carbons (Fsp3) is 0.481. The molecular weight excluding hydrogens is 633 g/mol. The van der Waals surface area contributed by atoms with Crippen LogP contribution >= 0.6 is 0 Å². The number of rotatable bonds is 4. The minimum absolute atomic E-state index is 0.195. The van der Waals surface area contributed by atoms with Gasteiger partial charge in [0, 0.05) is 44.9 Å². The van der Waals surface area contributed by atoms with Gasteiger partial charge in [0.2, 0.25) is 5.91 Å². The number of halogens is 9. The Labute approximate surface area is 245 Å². The van der Waals surface area contributed by atoms with Crippen molar-refractivity contribution in [1.82, 2.24) is 9.80 Å². The largest absolute Gasteiger partial charge is 0.435 e. The summed E-state index contributed by atoms with van der Waals surface area (Å²) in [5, 5.41) is 0. The zero-order valence-corrected chi connectivity index (χ0v) is 23.7. The molecule has 3 heterocycles. The van der Waals surface area contributed by atoms with E-state index in [2.05, 4.69) is 0 Å². The number of hydrogen-bond donors (Lipinski definition) is 0. The average molecular weight is 658 g/mol. The van der Waals surface area contributed by atoms with Crippen LogP contribution < -0.4 is 4.90 Å². The lowest BCUT2D eigenvalue weighted by molar-refractivity contribution is -0.348. The van der Waals surface area contributed by atoms with E-state index in [1.54, 1.807) is 0 Å². The van der Waals surface area contributed by atoms with Crippen molar-refractivity contribution in [3.05, 3.63) is 59.4 Å². The van der Waals surface area contributed by atoms with Crippen LogP contribution in [0.3, 0.4) is 0 Å². The summed E-state index contributed by atoms with van der Waals surface area (Å²) in [6, 6.07) is 2.16. The Bertz CT molecular complexity index is 1620. The van der Waals surface area contributed by atoms with Crippen LogP contribution in [0.1, 0.15) is 24.0 Å². The third-order valence-corrected chi connectivity index (χ3v) is 11.3. The molecule has 5 rings (SSSR count). The Kier molecular flexibility index (Phi) is 7.26. The molecule has 4 unspecified atom stereocenters. The fourth-order valence-corrected chi connectivity index (χ4v) is 8.87. The Balaban J connectivity index is 1.72. The number of amides is 2. The summed E-state index contributed by atoms with van der Waals surface area (Å²) in [6.07, 6.45) is -15.8. The Morgan fingerprint density at radius 1 is 0.977 bits per heavy atom. The molecule has 0 aromatic heterocycles. The molecule has 2 aromatic rings. The first-order valence-corrected chi connectivity index (χ1v) is 14.6. The molecule has 2 amide bonds. The van der Waals surface area contributed by atoms with E-state index in [1.165, 1.54) is 14.1 Å². The molecule has 7 nitrogen and oxygen atoms in total. The lowest BCUT2D eigenvalue weighted by atomic mass is 9.82. The molecular formula is C27H24F9N3O4S. The van der Waals surface area contributed by atoms with Gasteiger partial charge >= 0.3 is 18.0 Å². The fourth-order valence-electron chi connectivity index (χ4n) is 6.54. The SMILES string of the molecule is CN1CC2N(C(=O)C3CC(F)C(=O)N3C)CCC2(S(=O)(=O)c2cccc(F)c2)c2ccc(C(F)(C(F)(F)F)C(F)(F)F)cc21. The van der Waals surface area contributed by atoms with Crippen LogP contribution in [-0.2, 0) is 29.8 Å². The van der Waals surface area contributed by atoms with Gasteiger partial charge in [-0.15, -0.1) is 0 Å². The third-order valence-electron chi connectivity index (χ3n) is 8.80. The molecule has 0 spiro atoms. The number of anilines is 1. The molecule has 3 aliphatic rings. The molecule has 17 heteroatoms. The van der Waals surface area contributed by atoms with Crippen molar-refractivity contribution in [2.45, 2.75) is 58.8 Å². The van der Waals surface area contributed by atoms with E-state index in [4.69, 9.17) is 0 Å². The molecule has 4 atom stereocenters. The van der Waals surface area contributed by atoms with Gasteiger partial charge in [0.1, 0.15) is 16.6 Å². The Morgan fingerprint density at radius 3 is 2.16 bits per heavy atom. The van der Waals surface area contributed by atoms with Crippen LogP contribution in [0, 0.1) is 5.82 Å². The lowest BCUT2D eigenvalue weighted by Crippen LogP contribution is -2.59. The average Bonchev–Trinajstić information content (AvgIpc) is 3.45. The van der Waals surface area contributed by atoms with Gasteiger partial charge in [0.25, 0.3) is 5.91 Å². The van der Waals surface area contributed by atoms with Gasteiger partial charge in [-0.2, -0.15) is 26.3 Å². The number of fused-ring (bicyclic) bond motifs is 3. The van der Waals surface area contributed by atoms with Crippen molar-refractivity contribution < 1.29 is 57.5 Å². The monoisotopic (exact) mass is 657 g/mol. The summed E-state index contributed by atoms with van der Waals surface area (Å²) < 4.78 is 152. The first kappa shape index (κ1) is 31.9. The number of nitrogens with zero attached hydrogens (tertiary/aromatic N) is 3. The standard InChI is InChI=1S/C27H24F9N3O4S/c1-37-13-21-24(44(42,43)16-5-3-4-15(28)11-16,8-9-39(21)23(41)20-12-18(29)22(40)38(20)2)17-7-6-14(10-19(17)37)25(30,26(31,32)33)27(34,35)36/h3-7,10-11,18,20-21H,8-9,12-13H2,1-2H3. The second kappa shape index (κ2) is 10.0. The van der Waals surface area contributed by atoms with E-state index >= 15 is 4.39 Å². The zero-order chi connectivity index (χ0) is 32.8. The van der Waals surface area contributed by atoms with Crippen LogP contribution in [0.25, 0.3) is 0 Å². The second-order valence-corrected chi connectivity index (χ2v) is 13.3. The highest BCUT2D eigenvalue weighted by Crippen LogP contribution is 2.57. The molecule has 2 aromatic carbocycles. The van der Waals surface area contributed by atoms with Crippen molar-refractivity contribution in [3.63, 3.8) is 0 Å². The van der Waals surface area contributed by atoms with Gasteiger partial charge in [0.05, 0.1) is 10.9 Å². The van der Waals surface area contributed by atoms with E-state index in [9.17, 15) is 53.1 Å². The molecule has 0 radical (unpaired) electrons. The Morgan fingerprint density at radius 2 is 1.61 bits per heavy atom.